The van der Waals surface area contributed by atoms with Gasteiger partial charge < -0.3 is 29.8 Å². The van der Waals surface area contributed by atoms with Crippen molar-refractivity contribution >= 4 is 108 Å². The number of H-pyrrole nitrogens is 2. The number of thioether (sulfide) groups is 1. The van der Waals surface area contributed by atoms with Gasteiger partial charge in [-0.1, -0.05) is 21.6 Å². The Bertz CT molecular complexity index is 2260. The number of halogens is 1. The zero-order valence-corrected chi connectivity index (χ0v) is 34.9. The first kappa shape index (κ1) is 41.2. The molecule has 2 aliphatic rings. The van der Waals surface area contributed by atoms with Gasteiger partial charge in [-0.2, -0.15) is 11.8 Å². The largest absolute Gasteiger partial charge is 0.415 e. The fourth-order valence-corrected chi connectivity index (χ4v) is 10.3. The molecule has 0 radical (unpaired) electrons. The lowest BCUT2D eigenvalue weighted by atomic mass is 9.96. The van der Waals surface area contributed by atoms with Crippen molar-refractivity contribution in [2.45, 2.75) is 56.5 Å². The fraction of sp³-hybridized carbons (Fsp3) is 0.432. The SMILES string of the molecule is CSC1CC(=O)N(CNC(=O)CC(C)(C)SSCCN(C)C(=O)Oc2cc3c(c4c(C)c(C)[nH]c24)[C@H](CCl)CN3C(=O)c2cc3cc([N+](=O)[O-])ccc3[nH]2)C1=O. The minimum absolute atomic E-state index is 0.0827. The van der Waals surface area contributed by atoms with Crippen LogP contribution in [0.1, 0.15) is 59.9 Å². The topological polar surface area (TPSA) is 191 Å². The van der Waals surface area contributed by atoms with E-state index in [1.54, 1.807) is 36.4 Å². The molecule has 0 spiro atoms. The quantitative estimate of drug-likeness (QED) is 0.0306. The highest BCUT2D eigenvalue weighted by Gasteiger charge is 2.39. The number of hydrogen-bond acceptors (Lipinski definition) is 11. The zero-order valence-electron chi connectivity index (χ0n) is 31.6. The first-order valence-electron chi connectivity index (χ1n) is 17.7. The Hall–Kier alpha value is -4.39. The summed E-state index contributed by atoms with van der Waals surface area (Å²) in [6, 6.07) is 7.63. The Kier molecular flexibility index (Phi) is 12.2. The molecule has 1 unspecified atom stereocenters. The maximum Gasteiger partial charge on any atom is 0.415 e. The number of alkyl halides is 1. The number of carbonyl (C=O) groups is 5. The van der Waals surface area contributed by atoms with E-state index in [9.17, 15) is 34.1 Å². The van der Waals surface area contributed by atoms with Crippen molar-refractivity contribution < 1.29 is 33.6 Å². The van der Waals surface area contributed by atoms with E-state index >= 15 is 0 Å². The number of anilines is 1. The van der Waals surface area contributed by atoms with Crippen molar-refractivity contribution in [2.24, 2.45) is 0 Å². The van der Waals surface area contributed by atoms with Crippen LogP contribution < -0.4 is 15.0 Å². The fourth-order valence-electron chi connectivity index (χ4n) is 6.87. The molecule has 6 rings (SSSR count). The predicted molar refractivity (Wildman–Crippen MR) is 222 cm³/mol. The summed E-state index contributed by atoms with van der Waals surface area (Å²) in [7, 11) is 4.62. The van der Waals surface area contributed by atoms with Crippen LogP contribution in [0, 0.1) is 24.0 Å². The van der Waals surface area contributed by atoms with Crippen molar-refractivity contribution in [2.75, 3.05) is 49.6 Å². The molecule has 1 saturated heterocycles. The van der Waals surface area contributed by atoms with Gasteiger partial charge in [0, 0.05) is 95.5 Å². The van der Waals surface area contributed by atoms with Crippen LogP contribution in [-0.2, 0) is 14.4 Å². The zero-order chi connectivity index (χ0) is 40.6. The van der Waals surface area contributed by atoms with Gasteiger partial charge in [-0.15, -0.1) is 11.6 Å². The van der Waals surface area contributed by atoms with Crippen LogP contribution in [0.15, 0.2) is 30.3 Å². The average Bonchev–Trinajstić information content (AvgIpc) is 3.90. The number of nitro benzene ring substituents is 1. The molecule has 19 heteroatoms. The summed E-state index contributed by atoms with van der Waals surface area (Å²) in [5.41, 5.74) is 4.62. The van der Waals surface area contributed by atoms with Crippen LogP contribution in [-0.4, -0.2) is 109 Å². The van der Waals surface area contributed by atoms with Gasteiger partial charge in [0.15, 0.2) is 5.75 Å². The lowest BCUT2D eigenvalue weighted by molar-refractivity contribution is -0.384. The molecule has 2 atom stereocenters. The Morgan fingerprint density at radius 1 is 1.16 bits per heavy atom. The summed E-state index contributed by atoms with van der Waals surface area (Å²) in [6.45, 7) is 8.20. The second-order valence-corrected chi connectivity index (χ2v) is 18.9. The molecule has 4 heterocycles. The van der Waals surface area contributed by atoms with E-state index in [0.29, 0.717) is 34.4 Å². The van der Waals surface area contributed by atoms with Crippen molar-refractivity contribution in [3.8, 4) is 5.75 Å². The van der Waals surface area contributed by atoms with Crippen molar-refractivity contribution in [1.82, 2.24) is 25.1 Å². The third-order valence-electron chi connectivity index (χ3n) is 9.95. The van der Waals surface area contributed by atoms with E-state index in [-0.39, 0.29) is 78.6 Å². The number of ether oxygens (including phenoxy) is 1. The van der Waals surface area contributed by atoms with Crippen LogP contribution >= 0.6 is 45.0 Å². The number of nitro groups is 1. The number of likely N-dealkylation sites (tertiary alicyclic amines) is 1. The highest BCUT2D eigenvalue weighted by atomic mass is 35.5. The van der Waals surface area contributed by atoms with Gasteiger partial charge in [0.1, 0.15) is 12.4 Å². The predicted octanol–water partition coefficient (Wildman–Crippen LogP) is 6.70. The summed E-state index contributed by atoms with van der Waals surface area (Å²) < 4.78 is 5.53. The molecular formula is C37H42ClN7O8S3. The standard InChI is InChI=1S/C37H42ClN7O8S3/c1-19-20(2)40-33-27(53-36(50)42(5)9-10-55-56-37(3,4)15-29(46)39-18-44-30(47)14-28(54-6)35(44)49)13-26-32(31(19)33)22(16-38)17-43(26)34(48)25-12-21-11-23(45(51)52)7-8-24(21)41-25/h7-8,11-13,22,28,40-41H,9-10,14-18H2,1-6H3,(H,39,46)/t22-,28?/m1/s1. The number of benzene rings is 2. The smallest absolute Gasteiger partial charge is 0.408 e. The van der Waals surface area contributed by atoms with Crippen LogP contribution in [0.5, 0.6) is 5.75 Å². The number of non-ortho nitro benzene ring substituents is 1. The molecule has 0 bridgehead atoms. The number of nitrogens with zero attached hydrogens (tertiary/aromatic N) is 4. The maximum absolute atomic E-state index is 14.1. The van der Waals surface area contributed by atoms with Crippen LogP contribution in [0.4, 0.5) is 16.2 Å². The highest BCUT2D eigenvalue weighted by molar-refractivity contribution is 8.77. The molecule has 15 nitrogen and oxygen atoms in total. The summed E-state index contributed by atoms with van der Waals surface area (Å²) in [4.78, 5) is 86.2. The number of nitrogens with one attached hydrogen (secondary N) is 3. The minimum atomic E-state index is -0.600. The number of fused-ring (bicyclic) bond motifs is 4. The normalized spacial score (nSPS) is 16.9. The third-order valence-corrected chi connectivity index (χ3v) is 14.5. The third kappa shape index (κ3) is 8.33. The van der Waals surface area contributed by atoms with Crippen molar-refractivity contribution in [1.29, 1.82) is 0 Å². The van der Waals surface area contributed by atoms with Crippen LogP contribution in [0.3, 0.4) is 0 Å². The number of rotatable bonds is 14. The average molecular weight is 844 g/mol. The number of aryl methyl sites for hydroxylation is 2. The van der Waals surface area contributed by atoms with Crippen molar-refractivity contribution in [3.63, 3.8) is 0 Å². The van der Waals surface area contributed by atoms with E-state index in [1.165, 1.54) is 50.4 Å². The van der Waals surface area contributed by atoms with E-state index < -0.39 is 21.0 Å². The first-order chi connectivity index (χ1) is 26.5. The lowest BCUT2D eigenvalue weighted by Gasteiger charge is -2.24. The molecule has 0 aliphatic carbocycles. The Labute approximate surface area is 339 Å². The van der Waals surface area contributed by atoms with Crippen LogP contribution in [0.25, 0.3) is 21.8 Å². The Morgan fingerprint density at radius 3 is 2.59 bits per heavy atom. The monoisotopic (exact) mass is 843 g/mol. The van der Waals surface area contributed by atoms with Gasteiger partial charge in [-0.25, -0.2) is 4.79 Å². The minimum Gasteiger partial charge on any atom is -0.408 e. The van der Waals surface area contributed by atoms with Gasteiger partial charge in [0.05, 0.1) is 21.4 Å². The van der Waals surface area contributed by atoms with E-state index in [4.69, 9.17) is 16.3 Å². The second kappa shape index (κ2) is 16.6. The van der Waals surface area contributed by atoms with E-state index in [0.717, 1.165) is 27.1 Å². The summed E-state index contributed by atoms with van der Waals surface area (Å²) >= 11 is 7.82. The Balaban J connectivity index is 1.10. The van der Waals surface area contributed by atoms with Gasteiger partial charge >= 0.3 is 6.09 Å². The van der Waals surface area contributed by atoms with Gasteiger partial charge in [0.25, 0.3) is 11.6 Å². The van der Waals surface area contributed by atoms with Gasteiger partial charge in [0.2, 0.25) is 17.7 Å². The molecule has 4 aromatic rings. The Morgan fingerprint density at radius 2 is 1.91 bits per heavy atom. The molecule has 2 aliphatic heterocycles. The van der Waals surface area contributed by atoms with Gasteiger partial charge in [-0.3, -0.25) is 34.2 Å². The number of hydrogen-bond donors (Lipinski definition) is 3. The number of aromatic nitrogens is 2. The maximum atomic E-state index is 14.1. The second-order valence-electron chi connectivity index (χ2n) is 14.4. The number of amides is 5. The van der Waals surface area contributed by atoms with E-state index in [2.05, 4.69) is 15.3 Å². The number of carbonyl (C=O) groups excluding carboxylic acids is 5. The number of imide groups is 1. The van der Waals surface area contributed by atoms with Crippen LogP contribution in [0.2, 0.25) is 0 Å². The molecule has 2 aromatic heterocycles. The molecule has 298 valence electrons. The molecule has 1 fully saturated rings. The number of aromatic amines is 2. The highest BCUT2D eigenvalue weighted by Crippen LogP contribution is 2.48. The first-order valence-corrected chi connectivity index (χ1v) is 21.9. The summed E-state index contributed by atoms with van der Waals surface area (Å²) in [5, 5.41) is 15.0. The van der Waals surface area contributed by atoms with E-state index in [1.807, 2.05) is 27.7 Å². The summed E-state index contributed by atoms with van der Waals surface area (Å²) in [5.74, 6) is -0.399. The molecular weight excluding hydrogens is 802 g/mol. The molecule has 2 aromatic carbocycles. The summed E-state index contributed by atoms with van der Waals surface area (Å²) in [6.07, 6.45) is 1.47. The molecule has 5 amide bonds. The molecule has 56 heavy (non-hydrogen) atoms. The van der Waals surface area contributed by atoms with Crippen molar-refractivity contribution in [3.05, 3.63) is 63.0 Å². The lowest BCUT2D eigenvalue weighted by Crippen LogP contribution is -2.42. The molecule has 0 saturated carbocycles. The van der Waals surface area contributed by atoms with Gasteiger partial charge in [-0.05, 0) is 57.2 Å². The molecule has 3 N–H and O–H groups in total.